The van der Waals surface area contributed by atoms with Crippen molar-refractivity contribution in [2.24, 2.45) is 0 Å². The zero-order valence-electron chi connectivity index (χ0n) is 10.2. The van der Waals surface area contributed by atoms with Crippen LogP contribution in [-0.4, -0.2) is 29.3 Å². The summed E-state index contributed by atoms with van der Waals surface area (Å²) >= 11 is 0. The van der Waals surface area contributed by atoms with E-state index < -0.39 is 0 Å². The molecule has 1 N–H and O–H groups in total. The van der Waals surface area contributed by atoms with Gasteiger partial charge in [-0.25, -0.2) is 0 Å². The lowest BCUT2D eigenvalue weighted by Gasteiger charge is -2.05. The molecule has 94 valence electrons. The summed E-state index contributed by atoms with van der Waals surface area (Å²) in [5.41, 5.74) is 0. The first kappa shape index (κ1) is 15.3. The SMILES string of the molecule is CNC(C)Cc1noc(COC(C)C)n1.Cl. The van der Waals surface area contributed by atoms with E-state index >= 15 is 0 Å². The van der Waals surface area contributed by atoms with Crippen molar-refractivity contribution in [3.63, 3.8) is 0 Å². The van der Waals surface area contributed by atoms with Crippen LogP contribution in [0.25, 0.3) is 0 Å². The quantitative estimate of drug-likeness (QED) is 0.829. The topological polar surface area (TPSA) is 60.2 Å². The molecule has 5 nitrogen and oxygen atoms in total. The Hall–Kier alpha value is -0.650. The lowest BCUT2D eigenvalue weighted by Crippen LogP contribution is -2.24. The van der Waals surface area contributed by atoms with E-state index in [0.717, 1.165) is 12.2 Å². The minimum absolute atomic E-state index is 0. The van der Waals surface area contributed by atoms with Crippen LogP contribution in [0.1, 0.15) is 32.5 Å². The van der Waals surface area contributed by atoms with E-state index in [0.29, 0.717) is 18.5 Å². The van der Waals surface area contributed by atoms with Gasteiger partial charge in [0.1, 0.15) is 6.61 Å². The second-order valence-corrected chi connectivity index (χ2v) is 3.86. The first-order valence-electron chi connectivity index (χ1n) is 5.22. The number of rotatable bonds is 6. The molecule has 1 aromatic heterocycles. The molecule has 6 heteroatoms. The highest BCUT2D eigenvalue weighted by Gasteiger charge is 2.09. The second kappa shape index (κ2) is 7.60. The highest BCUT2D eigenvalue weighted by Crippen LogP contribution is 2.03. The number of hydrogen-bond acceptors (Lipinski definition) is 5. The molecule has 0 bridgehead atoms. The standard InChI is InChI=1S/C10H19N3O2.ClH/c1-7(2)14-6-10-12-9(13-15-10)5-8(3)11-4;/h7-8,11H,5-6H2,1-4H3;1H. The molecular formula is C10H20ClN3O2. The molecule has 1 unspecified atom stereocenters. The fraction of sp³-hybridized carbons (Fsp3) is 0.800. The van der Waals surface area contributed by atoms with Crippen molar-refractivity contribution in [1.82, 2.24) is 15.5 Å². The maximum Gasteiger partial charge on any atom is 0.252 e. The van der Waals surface area contributed by atoms with Crippen LogP contribution in [0.4, 0.5) is 0 Å². The van der Waals surface area contributed by atoms with Crippen LogP contribution in [0.15, 0.2) is 4.52 Å². The Bertz CT molecular complexity index is 291. The number of ether oxygens (including phenoxy) is 1. The molecule has 0 saturated carbocycles. The van der Waals surface area contributed by atoms with Gasteiger partial charge in [-0.1, -0.05) is 5.16 Å². The molecule has 0 aromatic carbocycles. The molecule has 1 atom stereocenters. The minimum atomic E-state index is 0. The fourth-order valence-corrected chi connectivity index (χ4v) is 1.05. The van der Waals surface area contributed by atoms with E-state index in [2.05, 4.69) is 22.4 Å². The number of halogens is 1. The number of aromatic nitrogens is 2. The Kier molecular flexibility index (Phi) is 7.29. The molecule has 1 heterocycles. The molecule has 1 rings (SSSR count). The van der Waals surface area contributed by atoms with Gasteiger partial charge in [-0.05, 0) is 27.8 Å². The maximum absolute atomic E-state index is 5.36. The van der Waals surface area contributed by atoms with Crippen LogP contribution in [0.2, 0.25) is 0 Å². The monoisotopic (exact) mass is 249 g/mol. The van der Waals surface area contributed by atoms with E-state index in [1.807, 2.05) is 20.9 Å². The van der Waals surface area contributed by atoms with Crippen molar-refractivity contribution in [3.8, 4) is 0 Å². The largest absolute Gasteiger partial charge is 0.369 e. The first-order chi connectivity index (χ1) is 7.11. The van der Waals surface area contributed by atoms with Crippen molar-refractivity contribution >= 4 is 12.4 Å². The first-order valence-corrected chi connectivity index (χ1v) is 5.22. The average molecular weight is 250 g/mol. The zero-order chi connectivity index (χ0) is 11.3. The van der Waals surface area contributed by atoms with E-state index in [-0.39, 0.29) is 18.5 Å². The predicted octanol–water partition coefficient (Wildman–Crippen LogP) is 1.57. The Morgan fingerprint density at radius 1 is 1.38 bits per heavy atom. The van der Waals surface area contributed by atoms with Crippen molar-refractivity contribution in [2.75, 3.05) is 7.05 Å². The van der Waals surface area contributed by atoms with Crippen molar-refractivity contribution in [2.45, 2.75) is 45.9 Å². The molecule has 0 amide bonds. The lowest BCUT2D eigenvalue weighted by molar-refractivity contribution is 0.0485. The Balaban J connectivity index is 0.00000225. The Labute approximate surface area is 102 Å². The van der Waals surface area contributed by atoms with Crippen molar-refractivity contribution in [3.05, 3.63) is 11.7 Å². The summed E-state index contributed by atoms with van der Waals surface area (Å²) in [6.45, 7) is 6.40. The Morgan fingerprint density at radius 2 is 2.06 bits per heavy atom. The molecule has 0 aliphatic carbocycles. The van der Waals surface area contributed by atoms with Gasteiger partial charge in [-0.15, -0.1) is 12.4 Å². The molecule has 0 fully saturated rings. The summed E-state index contributed by atoms with van der Waals surface area (Å²) in [6, 6.07) is 0.349. The molecule has 0 spiro atoms. The molecule has 0 radical (unpaired) electrons. The van der Waals surface area contributed by atoms with Crippen LogP contribution in [0, 0.1) is 0 Å². The fourth-order valence-electron chi connectivity index (χ4n) is 1.05. The smallest absolute Gasteiger partial charge is 0.252 e. The molecule has 1 aromatic rings. The van der Waals surface area contributed by atoms with Gasteiger partial charge in [0, 0.05) is 12.5 Å². The molecule has 16 heavy (non-hydrogen) atoms. The van der Waals surface area contributed by atoms with Gasteiger partial charge in [0.25, 0.3) is 5.89 Å². The van der Waals surface area contributed by atoms with E-state index in [9.17, 15) is 0 Å². The highest BCUT2D eigenvalue weighted by atomic mass is 35.5. The second-order valence-electron chi connectivity index (χ2n) is 3.86. The highest BCUT2D eigenvalue weighted by molar-refractivity contribution is 5.85. The van der Waals surface area contributed by atoms with E-state index in [4.69, 9.17) is 9.26 Å². The third kappa shape index (κ3) is 5.44. The maximum atomic E-state index is 5.36. The summed E-state index contributed by atoms with van der Waals surface area (Å²) in [5, 5.41) is 7.00. The normalized spacial score (nSPS) is 12.6. The number of nitrogens with one attached hydrogen (secondary N) is 1. The van der Waals surface area contributed by atoms with E-state index in [1.54, 1.807) is 0 Å². The number of likely N-dealkylation sites (N-methyl/N-ethyl adjacent to an activating group) is 1. The summed E-state index contributed by atoms with van der Waals surface area (Å²) in [4.78, 5) is 4.23. The third-order valence-corrected chi connectivity index (χ3v) is 2.03. The Morgan fingerprint density at radius 3 is 2.62 bits per heavy atom. The van der Waals surface area contributed by atoms with Crippen molar-refractivity contribution in [1.29, 1.82) is 0 Å². The molecule has 0 saturated heterocycles. The summed E-state index contributed by atoms with van der Waals surface area (Å²) < 4.78 is 10.4. The predicted molar refractivity (Wildman–Crippen MR) is 63.7 cm³/mol. The van der Waals surface area contributed by atoms with Gasteiger partial charge in [-0.3, -0.25) is 0 Å². The van der Waals surface area contributed by atoms with Crippen LogP contribution >= 0.6 is 12.4 Å². The van der Waals surface area contributed by atoms with E-state index in [1.165, 1.54) is 0 Å². The van der Waals surface area contributed by atoms with Gasteiger partial charge in [-0.2, -0.15) is 4.98 Å². The summed E-state index contributed by atoms with van der Waals surface area (Å²) in [6.07, 6.45) is 0.943. The third-order valence-electron chi connectivity index (χ3n) is 2.03. The van der Waals surface area contributed by atoms with Gasteiger partial charge in [0.2, 0.25) is 0 Å². The van der Waals surface area contributed by atoms with Gasteiger partial charge < -0.3 is 14.6 Å². The summed E-state index contributed by atoms with van der Waals surface area (Å²) in [5.74, 6) is 1.27. The van der Waals surface area contributed by atoms with Gasteiger partial charge in [0.05, 0.1) is 6.10 Å². The van der Waals surface area contributed by atoms with Gasteiger partial charge >= 0.3 is 0 Å². The number of hydrogen-bond donors (Lipinski definition) is 1. The van der Waals surface area contributed by atoms with Crippen LogP contribution < -0.4 is 5.32 Å². The van der Waals surface area contributed by atoms with Crippen LogP contribution in [0.5, 0.6) is 0 Å². The minimum Gasteiger partial charge on any atom is -0.369 e. The van der Waals surface area contributed by atoms with Crippen LogP contribution in [0.3, 0.4) is 0 Å². The zero-order valence-corrected chi connectivity index (χ0v) is 11.0. The molecular weight excluding hydrogens is 230 g/mol. The summed E-state index contributed by atoms with van der Waals surface area (Å²) in [7, 11) is 1.91. The average Bonchev–Trinajstić information content (AvgIpc) is 2.62. The molecule has 0 aliphatic rings. The van der Waals surface area contributed by atoms with Crippen LogP contribution in [-0.2, 0) is 17.8 Å². The molecule has 0 aliphatic heterocycles. The van der Waals surface area contributed by atoms with Crippen molar-refractivity contribution < 1.29 is 9.26 Å². The number of nitrogens with zero attached hydrogens (tertiary/aromatic N) is 2. The van der Waals surface area contributed by atoms with Gasteiger partial charge in [0.15, 0.2) is 5.82 Å². The lowest BCUT2D eigenvalue weighted by atomic mass is 10.2.